The van der Waals surface area contributed by atoms with Gasteiger partial charge in [-0.3, -0.25) is 0 Å². The van der Waals surface area contributed by atoms with Gasteiger partial charge in [-0.05, 0) is 60.0 Å². The Kier molecular flexibility index (Phi) is 5.96. The number of nitrogens with zero attached hydrogens (tertiary/aromatic N) is 3. The van der Waals surface area contributed by atoms with Crippen LogP contribution in [-0.4, -0.2) is 26.2 Å². The van der Waals surface area contributed by atoms with Crippen LogP contribution in [0.5, 0.6) is 0 Å². The summed E-state index contributed by atoms with van der Waals surface area (Å²) in [4.78, 5) is 24.6. The van der Waals surface area contributed by atoms with Crippen LogP contribution in [-0.2, 0) is 6.42 Å². The molecule has 2 heterocycles. The third-order valence-corrected chi connectivity index (χ3v) is 6.26. The van der Waals surface area contributed by atoms with Crippen molar-refractivity contribution in [2.45, 2.75) is 6.42 Å². The van der Waals surface area contributed by atoms with Crippen molar-refractivity contribution >= 4 is 68.7 Å². The van der Waals surface area contributed by atoms with Crippen LogP contribution in [0, 0.1) is 0 Å². The highest BCUT2D eigenvalue weighted by Crippen LogP contribution is 2.44. The quantitative estimate of drug-likeness (QED) is 0.405. The number of aliphatic imine (C=N–C) groups is 1. The van der Waals surface area contributed by atoms with Crippen LogP contribution in [0.4, 0.5) is 11.6 Å². The van der Waals surface area contributed by atoms with Crippen LogP contribution in [0.2, 0.25) is 10.0 Å². The number of carbonyl (C=O) groups is 1. The van der Waals surface area contributed by atoms with Crippen LogP contribution in [0.3, 0.4) is 0 Å². The molecule has 1 aliphatic carbocycles. The number of carboxylic acid groups (broad SMARTS) is 1. The van der Waals surface area contributed by atoms with Crippen molar-refractivity contribution in [1.82, 2.24) is 9.97 Å². The second-order valence-electron chi connectivity index (χ2n) is 7.55. The largest absolute Gasteiger partial charge is 0.478 e. The number of rotatable bonds is 4. The molecule has 0 saturated carbocycles. The number of carboxylic acids is 1. The van der Waals surface area contributed by atoms with E-state index in [1.54, 1.807) is 48.8 Å². The number of anilines is 2. The third kappa shape index (κ3) is 4.23. The Bertz CT molecular complexity index is 1440. The van der Waals surface area contributed by atoms with E-state index in [0.717, 1.165) is 22.3 Å². The Balaban J connectivity index is 1.54. The number of hydrogen-bond donors (Lipinski definition) is 2. The summed E-state index contributed by atoms with van der Waals surface area (Å²) in [6, 6.07) is 11.7. The average molecular weight is 510 g/mol. The molecule has 2 N–H and O–H groups in total. The zero-order valence-corrected chi connectivity index (χ0v) is 19.7. The Labute approximate surface area is 209 Å². The van der Waals surface area contributed by atoms with E-state index in [-0.39, 0.29) is 5.56 Å². The second kappa shape index (κ2) is 9.06. The first kappa shape index (κ1) is 22.3. The minimum Gasteiger partial charge on any atom is -0.478 e. The summed E-state index contributed by atoms with van der Waals surface area (Å²) in [5.41, 5.74) is 5.58. The first-order valence-corrected chi connectivity index (χ1v) is 11.3. The molecular formula is C25H15Cl3N4O2. The van der Waals surface area contributed by atoms with E-state index < -0.39 is 5.97 Å². The van der Waals surface area contributed by atoms with Crippen molar-refractivity contribution < 1.29 is 9.90 Å². The number of aromatic nitrogens is 2. The Morgan fingerprint density at radius 2 is 1.71 bits per heavy atom. The average Bonchev–Trinajstić information content (AvgIpc) is 2.98. The standard InChI is InChI=1S/C25H15Cl3N4O2/c26-19-2-1-3-20(27)22(19)17-10-21(28)29-12-18-16(17)9-6-14-11-30-25(32-23(14)18)31-15-7-4-13(5-8-15)24(33)34/h1-5,7-12H,6H2,(H,33,34)(H,30,31,32). The maximum absolute atomic E-state index is 11.1. The molecule has 6 nitrogen and oxygen atoms in total. The lowest BCUT2D eigenvalue weighted by Crippen LogP contribution is -2.10. The van der Waals surface area contributed by atoms with Gasteiger partial charge in [0.15, 0.2) is 0 Å². The maximum Gasteiger partial charge on any atom is 0.335 e. The van der Waals surface area contributed by atoms with Crippen LogP contribution in [0.25, 0.3) is 11.1 Å². The van der Waals surface area contributed by atoms with Crippen molar-refractivity contribution in [1.29, 1.82) is 0 Å². The van der Waals surface area contributed by atoms with E-state index in [9.17, 15) is 4.79 Å². The number of hydrogen-bond acceptors (Lipinski definition) is 5. The van der Waals surface area contributed by atoms with E-state index in [1.165, 1.54) is 12.1 Å². The second-order valence-corrected chi connectivity index (χ2v) is 8.75. The summed E-state index contributed by atoms with van der Waals surface area (Å²) >= 11 is 19.4. The lowest BCUT2D eigenvalue weighted by molar-refractivity contribution is 0.0697. The fourth-order valence-corrected chi connectivity index (χ4v) is 4.59. The van der Waals surface area contributed by atoms with Crippen molar-refractivity contribution in [2.75, 3.05) is 5.32 Å². The lowest BCUT2D eigenvalue weighted by Gasteiger charge is -2.22. The molecule has 5 rings (SSSR count). The van der Waals surface area contributed by atoms with Crippen molar-refractivity contribution in [3.63, 3.8) is 0 Å². The molecule has 2 aliphatic rings. The van der Waals surface area contributed by atoms with Crippen molar-refractivity contribution in [3.05, 3.63) is 105 Å². The molecule has 0 spiro atoms. The SMILES string of the molecule is O=C(O)c1ccc(Nc2ncc3c(n2)C2=CN=C(Cl)C=C(c4c(Cl)cccc4Cl)C2=CC3)cc1. The number of fused-ring (bicyclic) bond motifs is 3. The van der Waals surface area contributed by atoms with Gasteiger partial charge in [-0.1, -0.05) is 46.9 Å². The highest BCUT2D eigenvalue weighted by molar-refractivity contribution is 6.69. The van der Waals surface area contributed by atoms with Gasteiger partial charge >= 0.3 is 5.97 Å². The van der Waals surface area contributed by atoms with Gasteiger partial charge in [-0.25, -0.2) is 19.8 Å². The van der Waals surface area contributed by atoms with Gasteiger partial charge in [-0.2, -0.15) is 0 Å². The van der Waals surface area contributed by atoms with Gasteiger partial charge in [0.1, 0.15) is 5.17 Å². The van der Waals surface area contributed by atoms with E-state index >= 15 is 0 Å². The zero-order chi connectivity index (χ0) is 23.8. The Morgan fingerprint density at radius 3 is 2.41 bits per heavy atom. The molecule has 0 saturated heterocycles. The molecule has 0 amide bonds. The van der Waals surface area contributed by atoms with Gasteiger partial charge in [0.25, 0.3) is 0 Å². The predicted octanol–water partition coefficient (Wildman–Crippen LogP) is 6.78. The molecule has 1 aliphatic heterocycles. The molecule has 2 aromatic carbocycles. The predicted molar refractivity (Wildman–Crippen MR) is 136 cm³/mol. The van der Waals surface area contributed by atoms with Crippen LogP contribution in [0.1, 0.15) is 27.2 Å². The molecular weight excluding hydrogens is 495 g/mol. The fraction of sp³-hybridized carbons (Fsp3) is 0.0400. The number of halogens is 3. The molecule has 0 fully saturated rings. The molecule has 0 atom stereocenters. The summed E-state index contributed by atoms with van der Waals surface area (Å²) in [5, 5.41) is 13.5. The first-order chi connectivity index (χ1) is 16.4. The van der Waals surface area contributed by atoms with Gasteiger partial charge < -0.3 is 10.4 Å². The lowest BCUT2D eigenvalue weighted by atomic mass is 9.85. The van der Waals surface area contributed by atoms with Gasteiger partial charge in [0.05, 0.1) is 11.3 Å². The van der Waals surface area contributed by atoms with Gasteiger partial charge in [0.2, 0.25) is 5.95 Å². The third-order valence-electron chi connectivity index (χ3n) is 5.43. The summed E-state index contributed by atoms with van der Waals surface area (Å²) < 4.78 is 0. The minimum absolute atomic E-state index is 0.197. The Morgan fingerprint density at radius 1 is 0.971 bits per heavy atom. The molecule has 0 unspecified atom stereocenters. The molecule has 9 heteroatoms. The molecule has 3 aromatic rings. The number of allylic oxidation sites excluding steroid dienone is 5. The Hall–Kier alpha value is -3.45. The summed E-state index contributed by atoms with van der Waals surface area (Å²) in [6.07, 6.45) is 7.85. The first-order valence-electron chi connectivity index (χ1n) is 10.2. The monoisotopic (exact) mass is 508 g/mol. The highest BCUT2D eigenvalue weighted by Gasteiger charge is 2.26. The molecule has 0 bridgehead atoms. The van der Waals surface area contributed by atoms with E-state index in [4.69, 9.17) is 44.9 Å². The number of aromatic carboxylic acids is 1. The van der Waals surface area contributed by atoms with Gasteiger partial charge in [0, 0.05) is 44.8 Å². The van der Waals surface area contributed by atoms with Crippen LogP contribution in [0.15, 0.2) is 77.6 Å². The smallest absolute Gasteiger partial charge is 0.335 e. The minimum atomic E-state index is -0.988. The summed E-state index contributed by atoms with van der Waals surface area (Å²) in [7, 11) is 0. The fourth-order valence-electron chi connectivity index (χ4n) is 3.83. The van der Waals surface area contributed by atoms with E-state index in [0.29, 0.717) is 44.5 Å². The zero-order valence-electron chi connectivity index (χ0n) is 17.4. The molecule has 0 radical (unpaired) electrons. The molecule has 168 valence electrons. The topological polar surface area (TPSA) is 87.5 Å². The summed E-state index contributed by atoms with van der Waals surface area (Å²) in [6.45, 7) is 0. The van der Waals surface area contributed by atoms with E-state index in [2.05, 4.69) is 21.4 Å². The van der Waals surface area contributed by atoms with Gasteiger partial charge in [-0.15, -0.1) is 0 Å². The highest BCUT2D eigenvalue weighted by atomic mass is 35.5. The van der Waals surface area contributed by atoms with Crippen molar-refractivity contribution in [3.8, 4) is 0 Å². The maximum atomic E-state index is 11.1. The summed E-state index contributed by atoms with van der Waals surface area (Å²) in [5.74, 6) is -0.623. The van der Waals surface area contributed by atoms with E-state index in [1.807, 2.05) is 0 Å². The van der Waals surface area contributed by atoms with Crippen LogP contribution < -0.4 is 5.32 Å². The number of benzene rings is 2. The normalized spacial score (nSPS) is 14.6. The number of nitrogens with one attached hydrogen (secondary N) is 1. The molecule has 34 heavy (non-hydrogen) atoms. The van der Waals surface area contributed by atoms with Crippen molar-refractivity contribution in [2.24, 2.45) is 4.99 Å². The molecule has 1 aromatic heterocycles. The van der Waals surface area contributed by atoms with Crippen LogP contribution >= 0.6 is 34.8 Å².